The fraction of sp³-hybridized carbons (Fsp3) is 0.389. The number of methoxy groups -OCH3 is 1. The molecule has 1 N–H and O–H groups in total. The first-order chi connectivity index (χ1) is 11.3. The van der Waals surface area contributed by atoms with E-state index in [2.05, 4.69) is 22.3 Å². The Labute approximate surface area is 153 Å². The Morgan fingerprint density at radius 2 is 1.96 bits per heavy atom. The number of hydrogen-bond acceptors (Lipinski definition) is 4. The Hall–Kier alpha value is -1.56. The van der Waals surface area contributed by atoms with Gasteiger partial charge in [-0.2, -0.15) is 0 Å². The number of nitrogens with zero attached hydrogens (tertiary/aromatic N) is 1. The third-order valence-electron chi connectivity index (χ3n) is 4.28. The number of carbonyl (C=O) groups is 1. The Balaban J connectivity index is 0.00000208. The molecular weight excluding hydrogens is 344 g/mol. The number of amides is 1. The first kappa shape index (κ1) is 18.8. The van der Waals surface area contributed by atoms with Crippen LogP contribution in [-0.4, -0.2) is 37.6 Å². The average molecular weight is 367 g/mol. The zero-order chi connectivity index (χ0) is 16.1. The first-order valence-corrected chi connectivity index (χ1v) is 8.85. The fourth-order valence-electron chi connectivity index (χ4n) is 3.02. The predicted octanol–water partition coefficient (Wildman–Crippen LogP) is 3.75. The summed E-state index contributed by atoms with van der Waals surface area (Å²) in [5.41, 5.74) is 1.22. The van der Waals surface area contributed by atoms with Crippen LogP contribution >= 0.6 is 23.7 Å². The van der Waals surface area contributed by atoms with Gasteiger partial charge in [-0.05, 0) is 55.1 Å². The molecule has 0 aliphatic carbocycles. The van der Waals surface area contributed by atoms with Crippen molar-refractivity contribution in [2.24, 2.45) is 0 Å². The van der Waals surface area contributed by atoms with Gasteiger partial charge in [0.05, 0.1) is 18.0 Å². The van der Waals surface area contributed by atoms with E-state index in [1.54, 1.807) is 7.11 Å². The van der Waals surface area contributed by atoms with Crippen molar-refractivity contribution >= 4 is 29.7 Å². The summed E-state index contributed by atoms with van der Waals surface area (Å²) in [6.07, 6.45) is 2.46. The molecule has 1 fully saturated rings. The van der Waals surface area contributed by atoms with E-state index in [1.165, 1.54) is 29.7 Å². The molecule has 1 aliphatic rings. The molecule has 0 spiro atoms. The molecule has 1 unspecified atom stereocenters. The summed E-state index contributed by atoms with van der Waals surface area (Å²) in [7, 11) is 1.67. The molecule has 2 heterocycles. The molecule has 1 aromatic carbocycles. The maximum Gasteiger partial charge on any atom is 0.261 e. The molecular formula is C18H23ClN2O2S. The van der Waals surface area contributed by atoms with E-state index in [4.69, 9.17) is 4.74 Å². The van der Waals surface area contributed by atoms with Gasteiger partial charge >= 0.3 is 0 Å². The summed E-state index contributed by atoms with van der Waals surface area (Å²) in [5.74, 6) is 0.870. The molecule has 0 bridgehead atoms. The smallest absolute Gasteiger partial charge is 0.261 e. The van der Waals surface area contributed by atoms with Crippen LogP contribution in [0.15, 0.2) is 41.8 Å². The summed E-state index contributed by atoms with van der Waals surface area (Å²) in [4.78, 5) is 15.4. The number of benzene rings is 1. The standard InChI is InChI=1S/C18H22N2O2S.ClH/c1-22-15-8-6-14(7-9-15)16(20-10-2-3-11-20)13-19-18(21)17-5-4-12-23-17;/h4-9,12,16H,2-3,10-11,13H2,1H3,(H,19,21);1H. The van der Waals surface area contributed by atoms with Gasteiger partial charge in [-0.1, -0.05) is 18.2 Å². The van der Waals surface area contributed by atoms with E-state index >= 15 is 0 Å². The monoisotopic (exact) mass is 366 g/mol. The average Bonchev–Trinajstić information content (AvgIpc) is 3.29. The van der Waals surface area contributed by atoms with Crippen molar-refractivity contribution in [1.82, 2.24) is 10.2 Å². The summed E-state index contributed by atoms with van der Waals surface area (Å²) in [6.45, 7) is 2.81. The second-order valence-electron chi connectivity index (χ2n) is 5.72. The molecule has 1 aromatic heterocycles. The maximum absolute atomic E-state index is 12.2. The van der Waals surface area contributed by atoms with Crippen molar-refractivity contribution in [3.63, 3.8) is 0 Å². The third-order valence-corrected chi connectivity index (χ3v) is 5.15. The molecule has 130 valence electrons. The minimum absolute atomic E-state index is 0. The van der Waals surface area contributed by atoms with Crippen LogP contribution in [0.5, 0.6) is 5.75 Å². The molecule has 24 heavy (non-hydrogen) atoms. The number of likely N-dealkylation sites (tertiary alicyclic amines) is 1. The van der Waals surface area contributed by atoms with Gasteiger partial charge in [0, 0.05) is 6.54 Å². The normalized spacial score (nSPS) is 15.5. The lowest BCUT2D eigenvalue weighted by atomic mass is 10.1. The van der Waals surface area contributed by atoms with Gasteiger partial charge in [0.25, 0.3) is 5.91 Å². The highest BCUT2D eigenvalue weighted by Gasteiger charge is 2.24. The van der Waals surface area contributed by atoms with Crippen LogP contribution in [0.4, 0.5) is 0 Å². The molecule has 4 nitrogen and oxygen atoms in total. The summed E-state index contributed by atoms with van der Waals surface area (Å²) >= 11 is 1.47. The largest absolute Gasteiger partial charge is 0.497 e. The van der Waals surface area contributed by atoms with Crippen molar-refractivity contribution in [2.75, 3.05) is 26.7 Å². The van der Waals surface area contributed by atoms with E-state index in [1.807, 2.05) is 29.6 Å². The predicted molar refractivity (Wildman–Crippen MR) is 100 cm³/mol. The van der Waals surface area contributed by atoms with Crippen LogP contribution in [0.3, 0.4) is 0 Å². The lowest BCUT2D eigenvalue weighted by Gasteiger charge is -2.28. The minimum atomic E-state index is 0. The number of ether oxygens (including phenoxy) is 1. The first-order valence-electron chi connectivity index (χ1n) is 7.97. The van der Waals surface area contributed by atoms with Crippen molar-refractivity contribution in [2.45, 2.75) is 18.9 Å². The van der Waals surface area contributed by atoms with Crippen molar-refractivity contribution in [1.29, 1.82) is 0 Å². The number of thiophene rings is 1. The van der Waals surface area contributed by atoms with Gasteiger partial charge in [-0.15, -0.1) is 23.7 Å². The van der Waals surface area contributed by atoms with Gasteiger partial charge in [0.1, 0.15) is 5.75 Å². The van der Waals surface area contributed by atoms with Crippen LogP contribution < -0.4 is 10.1 Å². The van der Waals surface area contributed by atoms with Crippen molar-refractivity contribution in [3.05, 3.63) is 52.2 Å². The molecule has 0 radical (unpaired) electrons. The van der Waals surface area contributed by atoms with Crippen LogP contribution in [-0.2, 0) is 0 Å². The second-order valence-corrected chi connectivity index (χ2v) is 6.67. The highest BCUT2D eigenvalue weighted by atomic mass is 35.5. The van der Waals surface area contributed by atoms with Crippen molar-refractivity contribution < 1.29 is 9.53 Å². The molecule has 6 heteroatoms. The minimum Gasteiger partial charge on any atom is -0.497 e. The number of nitrogens with one attached hydrogen (secondary N) is 1. The molecule has 1 aliphatic heterocycles. The Kier molecular flexibility index (Phi) is 7.09. The van der Waals surface area contributed by atoms with Gasteiger partial charge in [-0.3, -0.25) is 9.69 Å². The molecule has 0 saturated carbocycles. The zero-order valence-corrected chi connectivity index (χ0v) is 15.4. The molecule has 1 saturated heterocycles. The van der Waals surface area contributed by atoms with Gasteiger partial charge in [0.15, 0.2) is 0 Å². The molecule has 1 amide bonds. The molecule has 2 aromatic rings. The van der Waals surface area contributed by atoms with Crippen LogP contribution in [0.2, 0.25) is 0 Å². The van der Waals surface area contributed by atoms with E-state index in [-0.39, 0.29) is 24.4 Å². The molecule has 3 rings (SSSR count). The number of rotatable bonds is 6. The third kappa shape index (κ3) is 4.50. The van der Waals surface area contributed by atoms with E-state index < -0.39 is 0 Å². The quantitative estimate of drug-likeness (QED) is 0.846. The van der Waals surface area contributed by atoms with E-state index in [0.717, 1.165) is 23.7 Å². The molecule has 1 atom stereocenters. The topological polar surface area (TPSA) is 41.6 Å². The van der Waals surface area contributed by atoms with Crippen LogP contribution in [0.1, 0.15) is 34.1 Å². The second kappa shape index (κ2) is 9.06. The van der Waals surface area contributed by atoms with Crippen LogP contribution in [0.25, 0.3) is 0 Å². The van der Waals surface area contributed by atoms with Crippen molar-refractivity contribution in [3.8, 4) is 5.75 Å². The highest BCUT2D eigenvalue weighted by molar-refractivity contribution is 7.12. The lowest BCUT2D eigenvalue weighted by molar-refractivity contribution is 0.0942. The number of carbonyl (C=O) groups excluding carboxylic acids is 1. The Bertz CT molecular complexity index is 625. The number of halogens is 1. The highest BCUT2D eigenvalue weighted by Crippen LogP contribution is 2.26. The SMILES string of the molecule is COc1ccc(C(CNC(=O)c2cccs2)N2CCCC2)cc1.Cl. The summed E-state index contributed by atoms with van der Waals surface area (Å²) in [6, 6.07) is 12.1. The van der Waals surface area contributed by atoms with E-state index in [0.29, 0.717) is 6.54 Å². The van der Waals surface area contributed by atoms with E-state index in [9.17, 15) is 4.79 Å². The van der Waals surface area contributed by atoms with Gasteiger partial charge in [0.2, 0.25) is 0 Å². The Morgan fingerprint density at radius 3 is 2.54 bits per heavy atom. The van der Waals surface area contributed by atoms with Gasteiger partial charge < -0.3 is 10.1 Å². The van der Waals surface area contributed by atoms with Gasteiger partial charge in [-0.25, -0.2) is 0 Å². The lowest BCUT2D eigenvalue weighted by Crippen LogP contribution is -2.36. The van der Waals surface area contributed by atoms with Crippen LogP contribution in [0, 0.1) is 0 Å². The maximum atomic E-state index is 12.2. The summed E-state index contributed by atoms with van der Waals surface area (Å²) in [5, 5.41) is 5.01. The fourth-order valence-corrected chi connectivity index (χ4v) is 3.66. The Morgan fingerprint density at radius 1 is 1.25 bits per heavy atom. The number of hydrogen-bond donors (Lipinski definition) is 1. The zero-order valence-electron chi connectivity index (χ0n) is 13.7. The summed E-state index contributed by atoms with van der Waals surface area (Å²) < 4.78 is 5.24.